The lowest BCUT2D eigenvalue weighted by molar-refractivity contribution is 0.0900. The van der Waals surface area contributed by atoms with Gasteiger partial charge in [-0.2, -0.15) is 0 Å². The van der Waals surface area contributed by atoms with Crippen molar-refractivity contribution in [2.75, 3.05) is 19.6 Å². The lowest BCUT2D eigenvalue weighted by Gasteiger charge is -2.31. The summed E-state index contributed by atoms with van der Waals surface area (Å²) < 4.78 is 31.2. The second kappa shape index (κ2) is 10.6. The molecule has 0 aliphatic carbocycles. The zero-order valence-electron chi connectivity index (χ0n) is 19.8. The Morgan fingerprint density at radius 1 is 0.882 bits per heavy atom. The average Bonchev–Trinajstić information content (AvgIpc) is 3.19. The highest BCUT2D eigenvalue weighted by atomic mass is 32.2. The van der Waals surface area contributed by atoms with Crippen LogP contribution in [0, 0.1) is 13.8 Å². The molecule has 0 saturated carbocycles. The maximum atomic E-state index is 12.9. The van der Waals surface area contributed by atoms with Gasteiger partial charge >= 0.3 is 0 Å². The molecule has 1 N–H and O–H groups in total. The van der Waals surface area contributed by atoms with Crippen molar-refractivity contribution in [2.45, 2.75) is 55.6 Å². The third-order valence-corrected chi connectivity index (χ3v) is 8.04. The number of likely N-dealkylation sites (tertiary alicyclic amines) is 1. The smallest absolute Gasteiger partial charge is 0.287 e. The van der Waals surface area contributed by atoms with Gasteiger partial charge in [-0.25, -0.2) is 8.42 Å². The fourth-order valence-electron chi connectivity index (χ4n) is 4.35. The summed E-state index contributed by atoms with van der Waals surface area (Å²) in [5.74, 6) is -0.429. The third kappa shape index (κ3) is 5.59. The van der Waals surface area contributed by atoms with E-state index >= 15 is 0 Å². The van der Waals surface area contributed by atoms with Gasteiger partial charge in [-0.3, -0.25) is 9.69 Å². The van der Waals surface area contributed by atoms with Gasteiger partial charge in [-0.15, -0.1) is 0 Å². The van der Waals surface area contributed by atoms with Crippen LogP contribution in [0.15, 0.2) is 75.1 Å². The molecule has 0 bridgehead atoms. The van der Waals surface area contributed by atoms with Gasteiger partial charge in [0.05, 0.1) is 10.9 Å². The summed E-state index contributed by atoms with van der Waals surface area (Å²) in [6, 6.07) is 17.8. The molecule has 1 aliphatic heterocycles. The predicted molar refractivity (Wildman–Crippen MR) is 132 cm³/mol. The lowest BCUT2D eigenvalue weighted by Crippen LogP contribution is -2.38. The van der Waals surface area contributed by atoms with Crippen molar-refractivity contribution in [3.05, 3.63) is 83.1 Å². The molecule has 7 heteroatoms. The number of carbonyl (C=O) groups excluding carboxylic acids is 1. The first-order valence-corrected chi connectivity index (χ1v) is 13.3. The van der Waals surface area contributed by atoms with Crippen molar-refractivity contribution in [1.29, 1.82) is 0 Å². The summed E-state index contributed by atoms with van der Waals surface area (Å²) in [5, 5.41) is 2.74. The Bertz CT molecular complexity index is 1210. The Labute approximate surface area is 201 Å². The zero-order chi connectivity index (χ0) is 24.1. The van der Waals surface area contributed by atoms with Crippen LogP contribution in [0.4, 0.5) is 0 Å². The molecule has 3 aromatic rings. The van der Waals surface area contributed by atoms with Gasteiger partial charge < -0.3 is 9.73 Å². The van der Waals surface area contributed by atoms with Gasteiger partial charge in [-0.05, 0) is 69.6 Å². The minimum absolute atomic E-state index is 0.00999. The van der Waals surface area contributed by atoms with Crippen molar-refractivity contribution in [3.8, 4) is 0 Å². The van der Waals surface area contributed by atoms with Crippen LogP contribution in [0.2, 0.25) is 0 Å². The van der Waals surface area contributed by atoms with Crippen molar-refractivity contribution < 1.29 is 17.6 Å². The number of hydrogen-bond donors (Lipinski definition) is 1. The van der Waals surface area contributed by atoms with Crippen LogP contribution in [-0.2, 0) is 9.84 Å². The summed E-state index contributed by atoms with van der Waals surface area (Å²) >= 11 is 0. The quantitative estimate of drug-likeness (QED) is 0.510. The van der Waals surface area contributed by atoms with Crippen LogP contribution >= 0.6 is 0 Å². The average molecular weight is 481 g/mol. The molecule has 1 saturated heterocycles. The second-order valence-electron chi connectivity index (χ2n) is 9.02. The highest BCUT2D eigenvalue weighted by molar-refractivity contribution is 7.91. The maximum Gasteiger partial charge on any atom is 0.287 e. The number of furan rings is 1. The molecular weight excluding hydrogens is 448 g/mol. The fourth-order valence-corrected chi connectivity index (χ4v) is 5.52. The van der Waals surface area contributed by atoms with Crippen LogP contribution in [0.25, 0.3) is 0 Å². The first kappa shape index (κ1) is 24.2. The number of nitrogens with zero attached hydrogens (tertiary/aromatic N) is 1. The van der Waals surface area contributed by atoms with Crippen LogP contribution < -0.4 is 5.32 Å². The third-order valence-electron chi connectivity index (χ3n) is 6.40. The Balaban J connectivity index is 1.49. The molecule has 180 valence electrons. The lowest BCUT2D eigenvalue weighted by atomic mass is 10.0. The molecular formula is C27H32N2O4S. The van der Waals surface area contributed by atoms with E-state index in [1.807, 2.05) is 6.92 Å². The number of aryl methyl sites for hydroxylation is 2. The van der Waals surface area contributed by atoms with E-state index in [0.717, 1.165) is 37.1 Å². The van der Waals surface area contributed by atoms with E-state index in [9.17, 15) is 13.2 Å². The Morgan fingerprint density at radius 2 is 1.47 bits per heavy atom. The number of amides is 1. The van der Waals surface area contributed by atoms with Gasteiger partial charge in [0.2, 0.25) is 14.9 Å². The van der Waals surface area contributed by atoms with Gasteiger partial charge in [-0.1, -0.05) is 60.4 Å². The van der Waals surface area contributed by atoms with E-state index in [-0.39, 0.29) is 21.8 Å². The van der Waals surface area contributed by atoms with E-state index in [2.05, 4.69) is 41.4 Å². The van der Waals surface area contributed by atoms with Crippen molar-refractivity contribution in [3.63, 3.8) is 0 Å². The Hall–Kier alpha value is -2.90. The van der Waals surface area contributed by atoms with Gasteiger partial charge in [0.25, 0.3) is 5.91 Å². The number of sulfone groups is 1. The second-order valence-corrected chi connectivity index (χ2v) is 10.9. The molecule has 2 heterocycles. The van der Waals surface area contributed by atoms with Crippen molar-refractivity contribution in [1.82, 2.24) is 10.2 Å². The minimum Gasteiger partial charge on any atom is -0.439 e. The summed E-state index contributed by atoms with van der Waals surface area (Å²) in [6.07, 6.45) is 4.76. The molecule has 1 atom stereocenters. The summed E-state index contributed by atoms with van der Waals surface area (Å²) in [5.41, 5.74) is 3.32. The monoisotopic (exact) mass is 480 g/mol. The van der Waals surface area contributed by atoms with E-state index in [1.54, 1.807) is 24.3 Å². The summed E-state index contributed by atoms with van der Waals surface area (Å²) in [7, 11) is -3.82. The number of nitrogens with one attached hydrogen (secondary N) is 1. The summed E-state index contributed by atoms with van der Waals surface area (Å²) in [6.45, 7) is 6.36. The van der Waals surface area contributed by atoms with Gasteiger partial charge in [0, 0.05) is 6.54 Å². The number of hydrogen-bond acceptors (Lipinski definition) is 5. The summed E-state index contributed by atoms with van der Waals surface area (Å²) in [4.78, 5) is 15.5. The number of rotatable bonds is 7. The van der Waals surface area contributed by atoms with E-state index in [1.165, 1.54) is 30.5 Å². The molecule has 1 amide bonds. The molecule has 1 aliphatic rings. The molecule has 4 rings (SSSR count). The minimum atomic E-state index is -3.82. The molecule has 1 fully saturated rings. The number of benzene rings is 2. The van der Waals surface area contributed by atoms with Crippen LogP contribution in [0.5, 0.6) is 0 Å². The Kier molecular flexibility index (Phi) is 7.54. The standard InChI is InChI=1S/C27H32N2O4S/c1-20-7-11-22(12-8-20)24(29-17-5-3-4-6-18-29)19-28-27(30)25-15-16-26(33-25)34(31,32)23-13-9-21(2)10-14-23/h7-16,24H,3-6,17-19H2,1-2H3,(H,28,30). The molecule has 34 heavy (non-hydrogen) atoms. The van der Waals surface area contributed by atoms with E-state index < -0.39 is 15.7 Å². The Morgan fingerprint density at radius 3 is 2.09 bits per heavy atom. The largest absolute Gasteiger partial charge is 0.439 e. The number of carbonyl (C=O) groups is 1. The normalized spacial score (nSPS) is 16.1. The SMILES string of the molecule is Cc1ccc(C(CNC(=O)c2ccc(S(=O)(=O)c3ccc(C)cc3)o2)N2CCCCCC2)cc1. The first-order valence-electron chi connectivity index (χ1n) is 11.8. The van der Waals surface area contributed by atoms with Crippen molar-refractivity contribution >= 4 is 15.7 Å². The van der Waals surface area contributed by atoms with Crippen LogP contribution in [-0.4, -0.2) is 38.9 Å². The van der Waals surface area contributed by atoms with Crippen molar-refractivity contribution in [2.24, 2.45) is 0 Å². The molecule has 0 radical (unpaired) electrons. The van der Waals surface area contributed by atoms with Crippen LogP contribution in [0.1, 0.15) is 59.0 Å². The predicted octanol–water partition coefficient (Wildman–Crippen LogP) is 5.08. The molecule has 1 unspecified atom stereocenters. The highest BCUT2D eigenvalue weighted by Crippen LogP contribution is 2.26. The van der Waals surface area contributed by atoms with Gasteiger partial charge in [0.15, 0.2) is 5.76 Å². The van der Waals surface area contributed by atoms with Crippen LogP contribution in [0.3, 0.4) is 0 Å². The molecule has 0 spiro atoms. The zero-order valence-corrected chi connectivity index (χ0v) is 20.6. The van der Waals surface area contributed by atoms with E-state index in [4.69, 9.17) is 4.42 Å². The first-order chi connectivity index (χ1) is 16.3. The van der Waals surface area contributed by atoms with Gasteiger partial charge in [0.1, 0.15) is 0 Å². The highest BCUT2D eigenvalue weighted by Gasteiger charge is 2.25. The molecule has 6 nitrogen and oxygen atoms in total. The molecule has 2 aromatic carbocycles. The molecule has 1 aromatic heterocycles. The topological polar surface area (TPSA) is 79.6 Å². The van der Waals surface area contributed by atoms with E-state index in [0.29, 0.717) is 6.54 Å². The maximum absolute atomic E-state index is 12.9. The fraction of sp³-hybridized carbons (Fsp3) is 0.370.